The Labute approximate surface area is 185 Å². The standard InChI is InChI=1S/C22H28F2N4O2S/c1-3-27(4-2)11-12-28-19-8-6-5-7-16(19)21(26-22(28)30)31-14-20(29)25-18-10-9-15(23)13-17(18)24/h9-10,13H,3-8,11-12,14H2,1-2H3,(H,25,29). The molecule has 1 aromatic carbocycles. The molecule has 1 heterocycles. The first kappa shape index (κ1) is 23.4. The molecule has 168 valence electrons. The van der Waals surface area contributed by atoms with Gasteiger partial charge in [0.2, 0.25) is 5.91 Å². The summed E-state index contributed by atoms with van der Waals surface area (Å²) in [5.41, 5.74) is 1.69. The molecule has 9 heteroatoms. The number of carbonyl (C=O) groups is 1. The molecule has 0 atom stereocenters. The van der Waals surface area contributed by atoms with Crippen molar-refractivity contribution in [1.82, 2.24) is 14.5 Å². The molecule has 0 spiro atoms. The minimum absolute atomic E-state index is 0.0147. The Hall–Kier alpha value is -2.26. The minimum Gasteiger partial charge on any atom is -0.323 e. The lowest BCUT2D eigenvalue weighted by Crippen LogP contribution is -2.35. The number of thioether (sulfide) groups is 1. The van der Waals surface area contributed by atoms with Crippen molar-refractivity contribution in [1.29, 1.82) is 0 Å². The first-order valence-corrected chi connectivity index (χ1v) is 11.6. The van der Waals surface area contributed by atoms with Gasteiger partial charge >= 0.3 is 5.69 Å². The smallest absolute Gasteiger partial charge is 0.323 e. The predicted octanol–water partition coefficient (Wildman–Crippen LogP) is 3.47. The molecular weight excluding hydrogens is 422 g/mol. The SMILES string of the molecule is CCN(CC)CCn1c2c(c(SCC(=O)Nc3ccc(F)cc3F)nc1=O)CCCC2. The zero-order valence-corrected chi connectivity index (χ0v) is 18.7. The van der Waals surface area contributed by atoms with E-state index < -0.39 is 17.5 Å². The van der Waals surface area contributed by atoms with E-state index in [-0.39, 0.29) is 17.1 Å². The summed E-state index contributed by atoms with van der Waals surface area (Å²) in [7, 11) is 0. The van der Waals surface area contributed by atoms with Crippen LogP contribution in [0.3, 0.4) is 0 Å². The van der Waals surface area contributed by atoms with Crippen LogP contribution in [0.25, 0.3) is 0 Å². The minimum atomic E-state index is -0.829. The summed E-state index contributed by atoms with van der Waals surface area (Å²) < 4.78 is 28.6. The van der Waals surface area contributed by atoms with Gasteiger partial charge in [-0.1, -0.05) is 25.6 Å². The average Bonchev–Trinajstić information content (AvgIpc) is 2.76. The Bertz CT molecular complexity index is 992. The quantitative estimate of drug-likeness (QED) is 0.468. The molecule has 0 aliphatic heterocycles. The van der Waals surface area contributed by atoms with E-state index in [4.69, 9.17) is 0 Å². The molecule has 1 aliphatic rings. The number of halogens is 2. The highest BCUT2D eigenvalue weighted by molar-refractivity contribution is 8.00. The highest BCUT2D eigenvalue weighted by Gasteiger charge is 2.21. The van der Waals surface area contributed by atoms with E-state index in [1.54, 1.807) is 4.57 Å². The summed E-state index contributed by atoms with van der Waals surface area (Å²) in [5.74, 6) is -1.99. The van der Waals surface area contributed by atoms with Crippen LogP contribution in [0.2, 0.25) is 0 Å². The van der Waals surface area contributed by atoms with Gasteiger partial charge in [0.1, 0.15) is 16.7 Å². The molecule has 0 radical (unpaired) electrons. The Morgan fingerprint density at radius 1 is 1.23 bits per heavy atom. The number of anilines is 1. The monoisotopic (exact) mass is 450 g/mol. The second-order valence-corrected chi connectivity index (χ2v) is 8.44. The van der Waals surface area contributed by atoms with Crippen molar-refractivity contribution >= 4 is 23.4 Å². The fourth-order valence-corrected chi connectivity index (χ4v) is 4.67. The molecule has 1 aromatic heterocycles. The normalized spacial score (nSPS) is 13.3. The van der Waals surface area contributed by atoms with Gasteiger partial charge in [0.25, 0.3) is 0 Å². The topological polar surface area (TPSA) is 67.2 Å². The number of rotatable bonds is 9. The van der Waals surface area contributed by atoms with E-state index in [0.29, 0.717) is 11.6 Å². The summed E-state index contributed by atoms with van der Waals surface area (Å²) in [5, 5.41) is 3.02. The van der Waals surface area contributed by atoms with Crippen molar-refractivity contribution < 1.29 is 13.6 Å². The molecule has 0 saturated carbocycles. The number of benzene rings is 1. The summed E-state index contributed by atoms with van der Waals surface area (Å²) in [6, 6.07) is 2.99. The molecule has 0 saturated heterocycles. The van der Waals surface area contributed by atoms with Crippen molar-refractivity contribution in [2.75, 3.05) is 30.7 Å². The van der Waals surface area contributed by atoms with Crippen LogP contribution >= 0.6 is 11.8 Å². The third kappa shape index (κ3) is 5.92. The van der Waals surface area contributed by atoms with E-state index in [0.717, 1.165) is 68.7 Å². The molecule has 0 unspecified atom stereocenters. The van der Waals surface area contributed by atoms with Crippen LogP contribution in [-0.2, 0) is 24.2 Å². The van der Waals surface area contributed by atoms with Gasteiger partial charge in [-0.3, -0.25) is 9.36 Å². The fourth-order valence-electron chi connectivity index (χ4n) is 3.79. The zero-order chi connectivity index (χ0) is 22.4. The van der Waals surface area contributed by atoms with Gasteiger partial charge in [-0.2, -0.15) is 4.98 Å². The first-order chi connectivity index (χ1) is 14.9. The summed E-state index contributed by atoms with van der Waals surface area (Å²) in [4.78, 5) is 31.6. The van der Waals surface area contributed by atoms with E-state index >= 15 is 0 Å². The molecule has 1 aliphatic carbocycles. The maximum Gasteiger partial charge on any atom is 0.348 e. The lowest BCUT2D eigenvalue weighted by atomic mass is 9.97. The van der Waals surface area contributed by atoms with Gasteiger partial charge < -0.3 is 10.2 Å². The molecule has 0 bridgehead atoms. The number of hydrogen-bond acceptors (Lipinski definition) is 5. The summed E-state index contributed by atoms with van der Waals surface area (Å²) >= 11 is 1.18. The number of carbonyl (C=O) groups excluding carboxylic acids is 1. The molecule has 1 amide bonds. The molecule has 1 N–H and O–H groups in total. The van der Waals surface area contributed by atoms with Crippen molar-refractivity contribution in [3.63, 3.8) is 0 Å². The van der Waals surface area contributed by atoms with E-state index in [2.05, 4.69) is 29.0 Å². The van der Waals surface area contributed by atoms with Gasteiger partial charge in [0.15, 0.2) is 0 Å². The molecule has 2 aromatic rings. The van der Waals surface area contributed by atoms with Crippen LogP contribution in [0.4, 0.5) is 14.5 Å². The van der Waals surface area contributed by atoms with Gasteiger partial charge in [-0.05, 0) is 50.9 Å². The third-order valence-corrected chi connectivity index (χ3v) is 6.55. The van der Waals surface area contributed by atoms with Gasteiger partial charge in [0.05, 0.1) is 11.4 Å². The highest BCUT2D eigenvalue weighted by atomic mass is 32.2. The third-order valence-electron chi connectivity index (χ3n) is 5.53. The van der Waals surface area contributed by atoms with Crippen molar-refractivity contribution in [3.05, 3.63) is 51.6 Å². The van der Waals surface area contributed by atoms with Crippen LogP contribution in [0, 0.1) is 11.6 Å². The van der Waals surface area contributed by atoms with Gasteiger partial charge in [-0.15, -0.1) is 0 Å². The lowest BCUT2D eigenvalue weighted by molar-refractivity contribution is -0.113. The lowest BCUT2D eigenvalue weighted by Gasteiger charge is -2.24. The number of aromatic nitrogens is 2. The van der Waals surface area contributed by atoms with Crippen molar-refractivity contribution in [3.8, 4) is 0 Å². The highest BCUT2D eigenvalue weighted by Crippen LogP contribution is 2.28. The zero-order valence-electron chi connectivity index (χ0n) is 17.9. The van der Waals surface area contributed by atoms with Gasteiger partial charge in [-0.25, -0.2) is 13.6 Å². The first-order valence-electron chi connectivity index (χ1n) is 10.7. The van der Waals surface area contributed by atoms with Crippen LogP contribution in [-0.4, -0.2) is 45.7 Å². The number of hydrogen-bond donors (Lipinski definition) is 1. The fraction of sp³-hybridized carbons (Fsp3) is 0.500. The Balaban J connectivity index is 1.73. The Kier molecular flexibility index (Phi) is 8.20. The van der Waals surface area contributed by atoms with E-state index in [1.165, 1.54) is 17.8 Å². The number of nitrogens with one attached hydrogen (secondary N) is 1. The van der Waals surface area contributed by atoms with Crippen molar-refractivity contribution in [2.45, 2.75) is 51.1 Å². The van der Waals surface area contributed by atoms with E-state index in [9.17, 15) is 18.4 Å². The molecular formula is C22H28F2N4O2S. The average molecular weight is 451 g/mol. The number of likely N-dealkylation sites (N-methyl/N-ethyl adjacent to an activating group) is 1. The molecule has 6 nitrogen and oxygen atoms in total. The second-order valence-electron chi connectivity index (χ2n) is 7.47. The van der Waals surface area contributed by atoms with Crippen LogP contribution < -0.4 is 11.0 Å². The molecule has 31 heavy (non-hydrogen) atoms. The largest absolute Gasteiger partial charge is 0.348 e. The maximum atomic E-state index is 13.8. The van der Waals surface area contributed by atoms with Crippen LogP contribution in [0.1, 0.15) is 37.9 Å². The summed E-state index contributed by atoms with van der Waals surface area (Å²) in [6.45, 7) is 7.45. The van der Waals surface area contributed by atoms with Crippen LogP contribution in [0.15, 0.2) is 28.0 Å². The summed E-state index contributed by atoms with van der Waals surface area (Å²) in [6.07, 6.45) is 3.69. The molecule has 3 rings (SSSR count). The van der Waals surface area contributed by atoms with Crippen molar-refractivity contribution in [2.24, 2.45) is 0 Å². The van der Waals surface area contributed by atoms with Gasteiger partial charge in [0, 0.05) is 30.4 Å². The number of nitrogens with zero attached hydrogens (tertiary/aromatic N) is 3. The predicted molar refractivity (Wildman–Crippen MR) is 119 cm³/mol. The maximum absolute atomic E-state index is 13.8. The Morgan fingerprint density at radius 3 is 2.68 bits per heavy atom. The second kappa shape index (κ2) is 10.9. The number of amides is 1. The van der Waals surface area contributed by atoms with E-state index in [1.807, 2.05) is 0 Å². The Morgan fingerprint density at radius 2 is 1.97 bits per heavy atom. The number of fused-ring (bicyclic) bond motifs is 1. The molecule has 0 fully saturated rings. The van der Waals surface area contributed by atoms with Crippen LogP contribution in [0.5, 0.6) is 0 Å².